The monoisotopic (exact) mass is 407 g/mol. The second kappa shape index (κ2) is 8.11. The van der Waals surface area contributed by atoms with Gasteiger partial charge in [-0.25, -0.2) is 19.3 Å². The Balaban J connectivity index is 1.46. The summed E-state index contributed by atoms with van der Waals surface area (Å²) in [6.07, 6.45) is 3.48. The summed E-state index contributed by atoms with van der Waals surface area (Å²) in [6, 6.07) is 11.0. The maximum atomic E-state index is 13.2. The van der Waals surface area contributed by atoms with Gasteiger partial charge in [0.15, 0.2) is 0 Å². The smallest absolute Gasteiger partial charge is 0.290 e. The van der Waals surface area contributed by atoms with Gasteiger partial charge in [-0.1, -0.05) is 0 Å². The minimum atomic E-state index is -0.455. The number of pyridine rings is 1. The maximum Gasteiger partial charge on any atom is 0.290 e. The summed E-state index contributed by atoms with van der Waals surface area (Å²) in [4.78, 5) is 23.6. The van der Waals surface area contributed by atoms with Crippen LogP contribution < -0.4 is 10.6 Å². The number of benzene rings is 1. The van der Waals surface area contributed by atoms with Crippen LogP contribution in [0, 0.1) is 22.9 Å². The lowest BCUT2D eigenvalue weighted by Crippen LogP contribution is -2.17. The van der Waals surface area contributed by atoms with E-state index in [4.69, 9.17) is 0 Å². The van der Waals surface area contributed by atoms with Gasteiger partial charge in [0, 0.05) is 43.2 Å². The highest BCUT2D eigenvalue weighted by Gasteiger charge is 2.12. The van der Waals surface area contributed by atoms with Crippen LogP contribution in [-0.2, 0) is 0 Å². The Bertz CT molecular complexity index is 1210. The third-order valence-electron chi connectivity index (χ3n) is 4.50. The van der Waals surface area contributed by atoms with Crippen molar-refractivity contribution in [2.24, 2.45) is 0 Å². The van der Waals surface area contributed by atoms with Crippen molar-refractivity contribution in [3.05, 3.63) is 76.5 Å². The zero-order valence-electron chi connectivity index (χ0n) is 16.0. The first-order valence-electron chi connectivity index (χ1n) is 9.21. The molecule has 4 aromatic rings. The molecule has 0 amide bonds. The van der Waals surface area contributed by atoms with Crippen LogP contribution in [0.4, 0.5) is 21.8 Å². The highest BCUT2D eigenvalue weighted by Crippen LogP contribution is 2.22. The first-order valence-corrected chi connectivity index (χ1v) is 9.21. The molecule has 0 bridgehead atoms. The van der Waals surface area contributed by atoms with Gasteiger partial charge in [0.1, 0.15) is 23.0 Å². The van der Waals surface area contributed by atoms with Crippen molar-refractivity contribution in [2.45, 2.75) is 6.92 Å². The van der Waals surface area contributed by atoms with Gasteiger partial charge in [-0.3, -0.25) is 14.5 Å². The van der Waals surface area contributed by atoms with Crippen molar-refractivity contribution < 1.29 is 9.31 Å². The first-order chi connectivity index (χ1) is 14.5. The van der Waals surface area contributed by atoms with E-state index in [9.17, 15) is 14.5 Å². The van der Waals surface area contributed by atoms with Gasteiger partial charge in [0.05, 0.1) is 10.6 Å². The van der Waals surface area contributed by atoms with Gasteiger partial charge in [-0.15, -0.1) is 0 Å². The predicted octanol–water partition coefficient (Wildman–Crippen LogP) is 3.67. The number of imidazole rings is 1. The highest BCUT2D eigenvalue weighted by atomic mass is 19.1. The Hall–Kier alpha value is -4.08. The van der Waals surface area contributed by atoms with Crippen LogP contribution in [-0.4, -0.2) is 37.4 Å². The topological polar surface area (TPSA) is 110 Å². The lowest BCUT2D eigenvalue weighted by Gasteiger charge is -2.11. The number of anilines is 2. The number of hydrogen-bond donors (Lipinski definition) is 2. The summed E-state index contributed by atoms with van der Waals surface area (Å²) in [7, 11) is 0. The second-order valence-electron chi connectivity index (χ2n) is 6.54. The molecule has 4 rings (SSSR count). The van der Waals surface area contributed by atoms with Crippen LogP contribution in [0.15, 0.2) is 54.9 Å². The van der Waals surface area contributed by atoms with E-state index < -0.39 is 4.92 Å². The fourth-order valence-electron chi connectivity index (χ4n) is 3.03. The normalized spacial score (nSPS) is 10.9. The fourth-order valence-corrected chi connectivity index (χ4v) is 3.03. The van der Waals surface area contributed by atoms with E-state index in [1.165, 1.54) is 18.2 Å². The summed E-state index contributed by atoms with van der Waals surface area (Å²) < 4.78 is 15.0. The van der Waals surface area contributed by atoms with Crippen molar-refractivity contribution >= 4 is 23.1 Å². The number of hydrogen-bond acceptors (Lipinski definition) is 7. The van der Waals surface area contributed by atoms with Gasteiger partial charge in [-0.05, 0) is 37.3 Å². The lowest BCUT2D eigenvalue weighted by atomic mass is 10.1. The molecule has 9 nitrogen and oxygen atoms in total. The summed E-state index contributed by atoms with van der Waals surface area (Å²) in [5.74, 6) is 0.847. The fraction of sp³-hybridized carbons (Fsp3) is 0.150. The number of nitro groups is 1. The minimum Gasteiger partial charge on any atom is -0.368 e. The third-order valence-corrected chi connectivity index (χ3v) is 4.50. The summed E-state index contributed by atoms with van der Waals surface area (Å²) >= 11 is 0. The van der Waals surface area contributed by atoms with E-state index in [-0.39, 0.29) is 11.5 Å². The van der Waals surface area contributed by atoms with Crippen LogP contribution in [0.2, 0.25) is 0 Å². The van der Waals surface area contributed by atoms with E-state index in [2.05, 4.69) is 25.6 Å². The number of aromatic nitrogens is 4. The molecule has 1 aromatic carbocycles. The van der Waals surface area contributed by atoms with Crippen molar-refractivity contribution in [1.29, 1.82) is 0 Å². The zero-order valence-corrected chi connectivity index (χ0v) is 16.0. The predicted molar refractivity (Wildman–Crippen MR) is 111 cm³/mol. The van der Waals surface area contributed by atoms with Crippen LogP contribution >= 0.6 is 0 Å². The standard InChI is InChI=1S/C20H18FN7O2/c1-13-17(28(29)30)6-7-18(25-13)22-8-9-24-20-26-16(12-19-23-10-11-27(19)20)14-2-4-15(21)5-3-14/h2-7,10-12H,8-9H2,1H3,(H,22,25)(H,24,26). The van der Waals surface area contributed by atoms with Crippen LogP contribution in [0.5, 0.6) is 0 Å². The Morgan fingerprint density at radius 3 is 2.60 bits per heavy atom. The molecule has 0 fully saturated rings. The molecule has 30 heavy (non-hydrogen) atoms. The van der Waals surface area contributed by atoms with Gasteiger partial charge < -0.3 is 10.6 Å². The molecule has 10 heteroatoms. The zero-order chi connectivity index (χ0) is 21.1. The second-order valence-corrected chi connectivity index (χ2v) is 6.54. The van der Waals surface area contributed by atoms with Crippen LogP contribution in [0.25, 0.3) is 16.9 Å². The Kier molecular flexibility index (Phi) is 5.21. The van der Waals surface area contributed by atoms with Gasteiger partial charge in [0.2, 0.25) is 5.95 Å². The molecule has 152 valence electrons. The van der Waals surface area contributed by atoms with E-state index in [0.717, 1.165) is 5.56 Å². The minimum absolute atomic E-state index is 0.0111. The van der Waals surface area contributed by atoms with E-state index in [1.54, 1.807) is 37.5 Å². The van der Waals surface area contributed by atoms with Crippen LogP contribution in [0.1, 0.15) is 5.69 Å². The van der Waals surface area contributed by atoms with E-state index in [1.807, 2.05) is 10.5 Å². The molecule has 0 spiro atoms. The summed E-state index contributed by atoms with van der Waals surface area (Å²) in [5, 5.41) is 17.3. The number of halogens is 1. The molecule has 0 aliphatic heterocycles. The first kappa shape index (κ1) is 19.2. The van der Waals surface area contributed by atoms with Gasteiger partial charge >= 0.3 is 0 Å². The highest BCUT2D eigenvalue weighted by molar-refractivity contribution is 5.66. The maximum absolute atomic E-state index is 13.2. The average Bonchev–Trinajstić information content (AvgIpc) is 3.20. The number of nitrogens with zero attached hydrogens (tertiary/aromatic N) is 5. The van der Waals surface area contributed by atoms with E-state index >= 15 is 0 Å². The molecule has 0 saturated carbocycles. The number of aryl methyl sites for hydroxylation is 1. The van der Waals surface area contributed by atoms with Crippen molar-refractivity contribution in [3.8, 4) is 11.3 Å². The number of fused-ring (bicyclic) bond motifs is 1. The molecule has 0 atom stereocenters. The molecule has 0 unspecified atom stereocenters. The lowest BCUT2D eigenvalue weighted by molar-refractivity contribution is -0.385. The summed E-state index contributed by atoms with van der Waals surface area (Å²) in [5.41, 5.74) is 2.52. The average molecular weight is 407 g/mol. The van der Waals surface area contributed by atoms with Gasteiger partial charge in [0.25, 0.3) is 5.69 Å². The molecule has 3 heterocycles. The Morgan fingerprint density at radius 1 is 1.10 bits per heavy atom. The van der Waals surface area contributed by atoms with Crippen LogP contribution in [0.3, 0.4) is 0 Å². The van der Waals surface area contributed by atoms with Crippen molar-refractivity contribution in [1.82, 2.24) is 19.4 Å². The SMILES string of the molecule is Cc1nc(NCCNc2nc(-c3ccc(F)cc3)cc3nccn23)ccc1[N+](=O)[O-]. The number of rotatable bonds is 7. The number of nitrogens with one attached hydrogen (secondary N) is 2. The third kappa shape index (κ3) is 4.02. The molecule has 2 N–H and O–H groups in total. The van der Waals surface area contributed by atoms with Crippen molar-refractivity contribution in [2.75, 3.05) is 23.7 Å². The molecule has 3 aromatic heterocycles. The molecule has 0 aliphatic rings. The molecule has 0 saturated heterocycles. The molecule has 0 radical (unpaired) electrons. The van der Waals surface area contributed by atoms with E-state index in [0.29, 0.717) is 41.9 Å². The molecule has 0 aliphatic carbocycles. The molecular weight excluding hydrogens is 389 g/mol. The quantitative estimate of drug-likeness (QED) is 0.273. The Morgan fingerprint density at radius 2 is 1.87 bits per heavy atom. The Labute approximate surface area is 170 Å². The molecular formula is C20H18FN7O2. The van der Waals surface area contributed by atoms with Crippen molar-refractivity contribution in [3.63, 3.8) is 0 Å². The summed E-state index contributed by atoms with van der Waals surface area (Å²) in [6.45, 7) is 2.63. The van der Waals surface area contributed by atoms with Gasteiger partial charge in [-0.2, -0.15) is 0 Å². The largest absolute Gasteiger partial charge is 0.368 e.